The lowest BCUT2D eigenvalue weighted by Gasteiger charge is -2.02. The number of benzene rings is 1. The molecule has 0 unspecified atom stereocenters. The third-order valence-electron chi connectivity index (χ3n) is 2.73. The molecule has 3 aromatic rings. The summed E-state index contributed by atoms with van der Waals surface area (Å²) in [5.74, 6) is 0.345. The van der Waals surface area contributed by atoms with E-state index in [1.165, 1.54) is 0 Å². The lowest BCUT2D eigenvalue weighted by atomic mass is 10.2. The van der Waals surface area contributed by atoms with Gasteiger partial charge < -0.3 is 4.98 Å². The normalized spacial score (nSPS) is 12.0. The molecule has 0 radical (unpaired) electrons. The van der Waals surface area contributed by atoms with Crippen LogP contribution in [-0.2, 0) is 0 Å². The van der Waals surface area contributed by atoms with E-state index in [1.807, 2.05) is 16.8 Å². The SMILES string of the molecule is O=c1[nH]c(/C(Cl)=C/c2ccsc2)nc2ccc(Cl)cc12. The summed E-state index contributed by atoms with van der Waals surface area (Å²) in [6, 6.07) is 6.91. The molecule has 3 rings (SSSR count). The molecule has 0 aliphatic heterocycles. The van der Waals surface area contributed by atoms with Gasteiger partial charge in [0.25, 0.3) is 5.56 Å². The number of halogens is 2. The standard InChI is InChI=1S/C14H8Cl2N2OS/c15-9-1-2-12-10(6-9)14(19)18-13(17-12)11(16)5-8-3-4-20-7-8/h1-7H,(H,17,18,19)/b11-5-. The summed E-state index contributed by atoms with van der Waals surface area (Å²) in [5.41, 5.74) is 1.27. The van der Waals surface area contributed by atoms with Gasteiger partial charge in [-0.2, -0.15) is 11.3 Å². The summed E-state index contributed by atoms with van der Waals surface area (Å²) in [4.78, 5) is 19.0. The minimum Gasteiger partial charge on any atom is -0.305 e. The van der Waals surface area contributed by atoms with Gasteiger partial charge in [-0.25, -0.2) is 4.98 Å². The topological polar surface area (TPSA) is 45.8 Å². The summed E-state index contributed by atoms with van der Waals surface area (Å²) in [6.45, 7) is 0. The van der Waals surface area contributed by atoms with Crippen LogP contribution in [0.1, 0.15) is 11.4 Å². The fourth-order valence-electron chi connectivity index (χ4n) is 1.80. The molecule has 100 valence electrons. The summed E-state index contributed by atoms with van der Waals surface area (Å²) < 4.78 is 0. The molecule has 0 saturated heterocycles. The minimum absolute atomic E-state index is 0.260. The second kappa shape index (κ2) is 5.40. The molecule has 2 aromatic heterocycles. The number of rotatable bonds is 2. The van der Waals surface area contributed by atoms with Crippen LogP contribution in [0.4, 0.5) is 0 Å². The van der Waals surface area contributed by atoms with Gasteiger partial charge in [-0.1, -0.05) is 23.2 Å². The summed E-state index contributed by atoms with van der Waals surface area (Å²) >= 11 is 13.7. The van der Waals surface area contributed by atoms with E-state index in [0.717, 1.165) is 5.56 Å². The fraction of sp³-hybridized carbons (Fsp3) is 0. The van der Waals surface area contributed by atoms with Crippen LogP contribution in [0, 0.1) is 0 Å². The molecular weight excluding hydrogens is 315 g/mol. The van der Waals surface area contributed by atoms with Crippen molar-refractivity contribution in [2.24, 2.45) is 0 Å². The first-order valence-electron chi connectivity index (χ1n) is 5.73. The number of nitrogens with one attached hydrogen (secondary N) is 1. The molecule has 0 aliphatic carbocycles. The largest absolute Gasteiger partial charge is 0.305 e. The monoisotopic (exact) mass is 322 g/mol. The van der Waals surface area contributed by atoms with Crippen molar-refractivity contribution >= 4 is 56.5 Å². The third-order valence-corrected chi connectivity index (χ3v) is 3.95. The molecule has 0 bridgehead atoms. The van der Waals surface area contributed by atoms with Crippen molar-refractivity contribution in [2.45, 2.75) is 0 Å². The van der Waals surface area contributed by atoms with E-state index in [1.54, 1.807) is 35.6 Å². The van der Waals surface area contributed by atoms with Gasteiger partial charge in [0, 0.05) is 5.02 Å². The predicted octanol–water partition coefficient (Wildman–Crippen LogP) is 4.37. The molecule has 2 heterocycles. The highest BCUT2D eigenvalue weighted by Crippen LogP contribution is 2.21. The average Bonchev–Trinajstić information content (AvgIpc) is 2.92. The van der Waals surface area contributed by atoms with Crippen LogP contribution in [0.5, 0.6) is 0 Å². The first kappa shape index (κ1) is 13.4. The van der Waals surface area contributed by atoms with Gasteiger partial charge in [-0.05, 0) is 46.7 Å². The van der Waals surface area contributed by atoms with Gasteiger partial charge in [-0.15, -0.1) is 0 Å². The number of hydrogen-bond donors (Lipinski definition) is 1. The molecule has 1 N–H and O–H groups in total. The Kier molecular flexibility index (Phi) is 3.61. The number of hydrogen-bond acceptors (Lipinski definition) is 3. The minimum atomic E-state index is -0.260. The number of aromatic amines is 1. The first-order chi connectivity index (χ1) is 9.63. The molecule has 1 aromatic carbocycles. The zero-order valence-electron chi connectivity index (χ0n) is 10.1. The highest BCUT2D eigenvalue weighted by Gasteiger charge is 2.07. The smallest absolute Gasteiger partial charge is 0.259 e. The summed E-state index contributed by atoms with van der Waals surface area (Å²) in [7, 11) is 0. The molecule has 0 amide bonds. The second-order valence-corrected chi connectivity index (χ2v) is 5.75. The van der Waals surface area contributed by atoms with Crippen LogP contribution in [0.15, 0.2) is 39.8 Å². The Balaban J connectivity index is 2.13. The van der Waals surface area contributed by atoms with Crippen molar-refractivity contribution in [1.82, 2.24) is 9.97 Å². The Hall–Kier alpha value is -1.62. The Labute approximate surface area is 128 Å². The maximum absolute atomic E-state index is 12.0. The molecule has 0 aliphatic rings. The van der Waals surface area contributed by atoms with Gasteiger partial charge in [0.15, 0.2) is 5.82 Å². The zero-order chi connectivity index (χ0) is 14.1. The van der Waals surface area contributed by atoms with Crippen molar-refractivity contribution in [3.05, 3.63) is 61.8 Å². The van der Waals surface area contributed by atoms with Crippen LogP contribution < -0.4 is 5.56 Å². The number of fused-ring (bicyclic) bond motifs is 1. The van der Waals surface area contributed by atoms with E-state index < -0.39 is 0 Å². The maximum Gasteiger partial charge on any atom is 0.259 e. The molecule has 0 spiro atoms. The summed E-state index contributed by atoms with van der Waals surface area (Å²) in [6.07, 6.45) is 1.76. The molecule has 0 fully saturated rings. The Morgan fingerprint density at radius 2 is 2.20 bits per heavy atom. The maximum atomic E-state index is 12.0. The highest BCUT2D eigenvalue weighted by molar-refractivity contribution is 7.08. The number of H-pyrrole nitrogens is 1. The first-order valence-corrected chi connectivity index (χ1v) is 7.43. The Morgan fingerprint density at radius 3 is 2.95 bits per heavy atom. The second-order valence-electron chi connectivity index (χ2n) is 4.12. The van der Waals surface area contributed by atoms with Gasteiger partial charge >= 0.3 is 0 Å². The van der Waals surface area contributed by atoms with Crippen LogP contribution in [0.25, 0.3) is 22.0 Å². The lowest BCUT2D eigenvalue weighted by Crippen LogP contribution is -2.10. The zero-order valence-corrected chi connectivity index (χ0v) is 12.4. The predicted molar refractivity (Wildman–Crippen MR) is 85.4 cm³/mol. The molecule has 0 atom stereocenters. The fourth-order valence-corrected chi connectivity index (χ4v) is 2.80. The van der Waals surface area contributed by atoms with Crippen molar-refractivity contribution in [1.29, 1.82) is 0 Å². The summed E-state index contributed by atoms with van der Waals surface area (Å²) in [5, 5.41) is 5.24. The number of nitrogens with zero attached hydrogens (tertiary/aromatic N) is 1. The van der Waals surface area contributed by atoms with Crippen LogP contribution in [0.2, 0.25) is 5.02 Å². The third kappa shape index (κ3) is 2.63. The van der Waals surface area contributed by atoms with Crippen LogP contribution in [0.3, 0.4) is 0 Å². The van der Waals surface area contributed by atoms with Gasteiger partial charge in [-0.3, -0.25) is 4.79 Å². The van der Waals surface area contributed by atoms with E-state index in [4.69, 9.17) is 23.2 Å². The van der Waals surface area contributed by atoms with E-state index in [9.17, 15) is 4.79 Å². The van der Waals surface area contributed by atoms with E-state index in [0.29, 0.717) is 26.8 Å². The Bertz CT molecular complexity index is 853. The lowest BCUT2D eigenvalue weighted by molar-refractivity contribution is 1.14. The van der Waals surface area contributed by atoms with Crippen molar-refractivity contribution in [3.8, 4) is 0 Å². The molecular formula is C14H8Cl2N2OS. The number of aromatic nitrogens is 2. The van der Waals surface area contributed by atoms with E-state index in [2.05, 4.69) is 9.97 Å². The molecule has 3 nitrogen and oxygen atoms in total. The number of thiophene rings is 1. The quantitative estimate of drug-likeness (QED) is 0.761. The van der Waals surface area contributed by atoms with Crippen molar-refractivity contribution < 1.29 is 0 Å². The van der Waals surface area contributed by atoms with Gasteiger partial charge in [0.05, 0.1) is 15.9 Å². The highest BCUT2D eigenvalue weighted by atomic mass is 35.5. The van der Waals surface area contributed by atoms with Gasteiger partial charge in [0.2, 0.25) is 0 Å². The van der Waals surface area contributed by atoms with Crippen molar-refractivity contribution in [2.75, 3.05) is 0 Å². The molecule has 6 heteroatoms. The average molecular weight is 323 g/mol. The van der Waals surface area contributed by atoms with E-state index in [-0.39, 0.29) is 5.56 Å². The molecule has 20 heavy (non-hydrogen) atoms. The van der Waals surface area contributed by atoms with Crippen LogP contribution >= 0.6 is 34.5 Å². The molecule has 0 saturated carbocycles. The Morgan fingerprint density at radius 1 is 1.35 bits per heavy atom. The van der Waals surface area contributed by atoms with Crippen molar-refractivity contribution in [3.63, 3.8) is 0 Å². The van der Waals surface area contributed by atoms with E-state index >= 15 is 0 Å². The van der Waals surface area contributed by atoms with Gasteiger partial charge in [0.1, 0.15) is 0 Å². The van der Waals surface area contributed by atoms with Crippen LogP contribution in [-0.4, -0.2) is 9.97 Å².